The molecule has 0 unspecified atom stereocenters. The topological polar surface area (TPSA) is 43.4 Å². The fourth-order valence-corrected chi connectivity index (χ4v) is 3.11. The first-order valence-corrected chi connectivity index (χ1v) is 6.10. The highest BCUT2D eigenvalue weighted by molar-refractivity contribution is 8.03. The smallest absolute Gasteiger partial charge is 0.443 e. The van der Waals surface area contributed by atoms with Gasteiger partial charge in [0.05, 0.1) is 7.11 Å². The first-order chi connectivity index (χ1) is 8.80. The van der Waals surface area contributed by atoms with Crippen LogP contribution >= 0.6 is 11.8 Å². The largest absolute Gasteiger partial charge is 0.468 e. The van der Waals surface area contributed by atoms with E-state index in [2.05, 4.69) is 4.74 Å². The van der Waals surface area contributed by atoms with E-state index in [0.717, 1.165) is 7.11 Å². The molecule has 1 aliphatic carbocycles. The number of methoxy groups -OCH3 is 1. The number of hydrogen-bond donors (Lipinski definition) is 0. The lowest BCUT2D eigenvalue weighted by molar-refractivity contribution is -0.142. The number of alkyl halides is 3. The number of carbonyl (C=O) groups excluding carboxylic acids is 2. The summed E-state index contributed by atoms with van der Waals surface area (Å²) in [7, 11) is 0.970. The predicted molar refractivity (Wildman–Crippen MR) is 62.9 cm³/mol. The number of halogens is 3. The minimum atomic E-state index is -4.70. The molecular weight excluding hydrogens is 281 g/mol. The van der Waals surface area contributed by atoms with E-state index >= 15 is 0 Å². The second-order valence-corrected chi connectivity index (χ2v) is 5.39. The van der Waals surface area contributed by atoms with Crippen molar-refractivity contribution in [3.05, 3.63) is 35.4 Å². The summed E-state index contributed by atoms with van der Waals surface area (Å²) >= 11 is -0.615. The maximum Gasteiger partial charge on any atom is 0.443 e. The molecule has 0 radical (unpaired) electrons. The lowest BCUT2D eigenvalue weighted by Crippen LogP contribution is -2.44. The van der Waals surface area contributed by atoms with E-state index in [0.29, 0.717) is 5.56 Å². The van der Waals surface area contributed by atoms with Crippen LogP contribution in [0.1, 0.15) is 15.9 Å². The van der Waals surface area contributed by atoms with Gasteiger partial charge in [-0.15, -0.1) is 0 Å². The maximum atomic E-state index is 12.6. The van der Waals surface area contributed by atoms with Crippen molar-refractivity contribution in [1.29, 1.82) is 0 Å². The molecule has 0 aliphatic heterocycles. The highest BCUT2D eigenvalue weighted by atomic mass is 32.2. The summed E-state index contributed by atoms with van der Waals surface area (Å²) < 4.78 is 40.1. The van der Waals surface area contributed by atoms with Crippen LogP contribution in [-0.2, 0) is 16.0 Å². The Balaban J connectivity index is 2.49. The summed E-state index contributed by atoms with van der Waals surface area (Å²) in [5.74, 6) is -2.02. The van der Waals surface area contributed by atoms with Crippen LogP contribution in [0.2, 0.25) is 0 Å². The van der Waals surface area contributed by atoms with Gasteiger partial charge in [-0.2, -0.15) is 13.2 Å². The van der Waals surface area contributed by atoms with Gasteiger partial charge in [0.2, 0.25) is 0 Å². The zero-order valence-corrected chi connectivity index (χ0v) is 10.6. The van der Waals surface area contributed by atoms with Gasteiger partial charge in [0.25, 0.3) is 0 Å². The van der Waals surface area contributed by atoms with Gasteiger partial charge in [-0.3, -0.25) is 9.59 Å². The molecule has 1 aromatic carbocycles. The minimum Gasteiger partial charge on any atom is -0.468 e. The molecule has 0 N–H and O–H groups in total. The SMILES string of the molecule is COC(=O)[C@@]1(SC(F)(F)F)Cc2ccccc2C1=O. The molecule has 0 fully saturated rings. The van der Waals surface area contributed by atoms with Crippen LogP contribution < -0.4 is 0 Å². The Kier molecular flexibility index (Phi) is 3.34. The molecule has 0 bridgehead atoms. The van der Waals surface area contributed by atoms with Crippen LogP contribution in [0.4, 0.5) is 13.2 Å². The van der Waals surface area contributed by atoms with Gasteiger partial charge in [-0.25, -0.2) is 0 Å². The van der Waals surface area contributed by atoms with E-state index in [1.807, 2.05) is 0 Å². The normalized spacial score (nSPS) is 22.2. The number of ether oxygens (including phenoxy) is 1. The maximum absolute atomic E-state index is 12.6. The Labute approximate surface area is 111 Å². The highest BCUT2D eigenvalue weighted by Gasteiger charge is 2.58. The van der Waals surface area contributed by atoms with Crippen LogP contribution in [-0.4, -0.2) is 29.1 Å². The summed E-state index contributed by atoms with van der Waals surface area (Å²) in [6.45, 7) is 0. The Morgan fingerprint density at radius 3 is 2.53 bits per heavy atom. The second kappa shape index (κ2) is 4.56. The molecule has 7 heteroatoms. The summed E-state index contributed by atoms with van der Waals surface area (Å²) in [6.07, 6.45) is -0.307. The third kappa shape index (κ3) is 2.34. The summed E-state index contributed by atoms with van der Waals surface area (Å²) in [5.41, 5.74) is -4.13. The van der Waals surface area contributed by atoms with E-state index in [9.17, 15) is 22.8 Å². The molecule has 19 heavy (non-hydrogen) atoms. The summed E-state index contributed by atoms with van der Waals surface area (Å²) in [6, 6.07) is 6.11. The monoisotopic (exact) mass is 290 g/mol. The van der Waals surface area contributed by atoms with Crippen LogP contribution in [0.15, 0.2) is 24.3 Å². The van der Waals surface area contributed by atoms with Crippen molar-refractivity contribution < 1.29 is 27.5 Å². The third-order valence-corrected chi connectivity index (χ3v) is 3.95. The van der Waals surface area contributed by atoms with Gasteiger partial charge >= 0.3 is 11.5 Å². The van der Waals surface area contributed by atoms with Crippen LogP contribution in [0.25, 0.3) is 0 Å². The van der Waals surface area contributed by atoms with Crippen molar-refractivity contribution in [2.45, 2.75) is 16.7 Å². The average molecular weight is 290 g/mol. The zero-order chi connectivity index (χ0) is 14.3. The van der Waals surface area contributed by atoms with Crippen molar-refractivity contribution in [1.82, 2.24) is 0 Å². The molecule has 0 saturated carbocycles. The molecule has 1 atom stereocenters. The van der Waals surface area contributed by atoms with Gasteiger partial charge in [-0.1, -0.05) is 24.3 Å². The molecule has 102 valence electrons. The number of esters is 1. The Bertz CT molecular complexity index is 541. The number of carbonyl (C=O) groups is 2. The number of rotatable bonds is 2. The minimum absolute atomic E-state index is 0.143. The third-order valence-electron chi connectivity index (χ3n) is 2.87. The first kappa shape index (κ1) is 13.9. The van der Waals surface area contributed by atoms with Crippen LogP contribution in [0, 0.1) is 0 Å². The molecule has 2 rings (SSSR count). The van der Waals surface area contributed by atoms with Crippen molar-refractivity contribution in [2.75, 3.05) is 7.11 Å². The standard InChI is InChI=1S/C12H9F3O3S/c1-18-10(17)11(19-12(13,14)15)6-7-4-2-3-5-8(7)9(11)16/h2-5H,6H2,1H3/t11-/m1/s1. The van der Waals surface area contributed by atoms with Gasteiger partial charge in [0.1, 0.15) is 0 Å². The number of fused-ring (bicyclic) bond motifs is 1. The van der Waals surface area contributed by atoms with Crippen LogP contribution in [0.5, 0.6) is 0 Å². The van der Waals surface area contributed by atoms with Gasteiger partial charge in [-0.05, 0) is 17.3 Å². The second-order valence-electron chi connectivity index (χ2n) is 4.03. The van der Waals surface area contributed by atoms with Gasteiger partial charge in [0.15, 0.2) is 10.5 Å². The molecule has 1 aromatic rings. The first-order valence-electron chi connectivity index (χ1n) is 5.28. The summed E-state index contributed by atoms with van der Waals surface area (Å²) in [5, 5.41) is 0. The number of benzene rings is 1. The zero-order valence-electron chi connectivity index (χ0n) is 9.78. The molecule has 0 saturated heterocycles. The number of hydrogen-bond acceptors (Lipinski definition) is 4. The fourth-order valence-electron chi connectivity index (χ4n) is 2.11. The van der Waals surface area contributed by atoms with E-state index in [-0.39, 0.29) is 12.0 Å². The average Bonchev–Trinajstić information content (AvgIpc) is 2.61. The van der Waals surface area contributed by atoms with Crippen molar-refractivity contribution in [2.24, 2.45) is 0 Å². The molecule has 1 aliphatic rings. The molecule has 0 spiro atoms. The lowest BCUT2D eigenvalue weighted by atomic mass is 10.0. The molecule has 3 nitrogen and oxygen atoms in total. The molecular formula is C12H9F3O3S. The fraction of sp³-hybridized carbons (Fsp3) is 0.333. The Morgan fingerprint density at radius 1 is 1.37 bits per heavy atom. The quantitative estimate of drug-likeness (QED) is 0.620. The molecule has 0 amide bonds. The van der Waals surface area contributed by atoms with Gasteiger partial charge in [0, 0.05) is 12.0 Å². The van der Waals surface area contributed by atoms with Crippen molar-refractivity contribution >= 4 is 23.5 Å². The van der Waals surface area contributed by atoms with Crippen LogP contribution in [0.3, 0.4) is 0 Å². The number of Topliss-reactive ketones (excluding diaryl/α,β-unsaturated/α-hetero) is 1. The van der Waals surface area contributed by atoms with E-state index in [4.69, 9.17) is 0 Å². The van der Waals surface area contributed by atoms with Crippen molar-refractivity contribution in [3.63, 3.8) is 0 Å². The number of ketones is 1. The van der Waals surface area contributed by atoms with E-state index in [1.165, 1.54) is 12.1 Å². The lowest BCUT2D eigenvalue weighted by Gasteiger charge is -2.24. The van der Waals surface area contributed by atoms with E-state index in [1.54, 1.807) is 12.1 Å². The molecule has 0 aromatic heterocycles. The number of thioether (sulfide) groups is 1. The Morgan fingerprint density at radius 2 is 2.00 bits per heavy atom. The van der Waals surface area contributed by atoms with E-state index < -0.39 is 33.8 Å². The Hall–Kier alpha value is -1.50. The summed E-state index contributed by atoms with van der Waals surface area (Å²) in [4.78, 5) is 23.9. The highest BCUT2D eigenvalue weighted by Crippen LogP contribution is 2.48. The van der Waals surface area contributed by atoms with Gasteiger partial charge < -0.3 is 4.74 Å². The molecule has 0 heterocycles. The van der Waals surface area contributed by atoms with Crippen molar-refractivity contribution in [3.8, 4) is 0 Å². The predicted octanol–water partition coefficient (Wildman–Crippen LogP) is 2.59.